The number of aromatic nitrogens is 1. The highest BCUT2D eigenvalue weighted by molar-refractivity contribution is 5.63. The van der Waals surface area contributed by atoms with Crippen LogP contribution < -0.4 is 0 Å². The highest BCUT2D eigenvalue weighted by Gasteiger charge is 1.98. The Hall–Kier alpha value is -1.70. The van der Waals surface area contributed by atoms with E-state index in [-0.39, 0.29) is 0 Å². The topological polar surface area (TPSA) is 12.9 Å². The molecule has 0 spiro atoms. The molecule has 1 aromatic carbocycles. The van der Waals surface area contributed by atoms with Crippen LogP contribution >= 0.6 is 0 Å². The maximum Gasteiger partial charge on any atom is 0.212 e. The van der Waals surface area contributed by atoms with Crippen LogP contribution in [0.4, 0.5) is 4.39 Å². The number of rotatable bonds is 1. The van der Waals surface area contributed by atoms with E-state index in [9.17, 15) is 4.39 Å². The van der Waals surface area contributed by atoms with Gasteiger partial charge in [0.2, 0.25) is 5.95 Å². The van der Waals surface area contributed by atoms with E-state index in [1.165, 1.54) is 12.3 Å². The van der Waals surface area contributed by atoms with Crippen LogP contribution in [0.15, 0.2) is 42.6 Å². The molecule has 0 atom stereocenters. The van der Waals surface area contributed by atoms with Crippen LogP contribution in [0.5, 0.6) is 0 Å². The van der Waals surface area contributed by atoms with Crippen molar-refractivity contribution in [1.82, 2.24) is 4.98 Å². The molecule has 0 aliphatic carbocycles. The van der Waals surface area contributed by atoms with Gasteiger partial charge in [0.05, 0.1) is 0 Å². The second-order valence-corrected chi connectivity index (χ2v) is 3.07. The van der Waals surface area contributed by atoms with Crippen molar-refractivity contribution < 1.29 is 4.39 Å². The van der Waals surface area contributed by atoms with Crippen LogP contribution in [0.25, 0.3) is 11.1 Å². The van der Waals surface area contributed by atoms with Crippen molar-refractivity contribution in [2.45, 2.75) is 0 Å². The molecule has 2 rings (SSSR count). The minimum absolute atomic E-state index is 0.459. The number of halogens is 1. The molecule has 0 bridgehead atoms. The van der Waals surface area contributed by atoms with Crippen LogP contribution in [0.3, 0.4) is 0 Å². The first-order chi connectivity index (χ1) is 6.75. The Morgan fingerprint density at radius 2 is 1.93 bits per heavy atom. The standard InChI is InChI=1S/C12H9FN/c1-9-3-2-4-10(7-9)11-5-6-12(13)14-8-11/h2-8H,1H2. The van der Waals surface area contributed by atoms with E-state index in [4.69, 9.17) is 0 Å². The van der Waals surface area contributed by atoms with Crippen molar-refractivity contribution in [3.8, 4) is 11.1 Å². The fourth-order valence-electron chi connectivity index (χ4n) is 1.30. The molecule has 1 radical (unpaired) electrons. The quantitative estimate of drug-likeness (QED) is 0.624. The SMILES string of the molecule is [CH2]c1cccc(-c2ccc(F)nc2)c1. The van der Waals surface area contributed by atoms with Gasteiger partial charge in [-0.15, -0.1) is 0 Å². The molecule has 0 saturated heterocycles. The molecule has 0 aliphatic heterocycles. The second kappa shape index (κ2) is 3.58. The summed E-state index contributed by atoms with van der Waals surface area (Å²) >= 11 is 0. The molecule has 0 unspecified atom stereocenters. The molecule has 0 N–H and O–H groups in total. The number of hydrogen-bond acceptors (Lipinski definition) is 1. The average Bonchev–Trinajstić information content (AvgIpc) is 2.19. The van der Waals surface area contributed by atoms with E-state index in [0.717, 1.165) is 16.7 Å². The zero-order valence-electron chi connectivity index (χ0n) is 7.57. The molecule has 1 aromatic heterocycles. The van der Waals surface area contributed by atoms with Crippen molar-refractivity contribution in [3.63, 3.8) is 0 Å². The number of hydrogen-bond donors (Lipinski definition) is 0. The summed E-state index contributed by atoms with van der Waals surface area (Å²) < 4.78 is 12.6. The first-order valence-corrected chi connectivity index (χ1v) is 4.30. The summed E-state index contributed by atoms with van der Waals surface area (Å²) in [6.07, 6.45) is 1.52. The molecule has 1 heterocycles. The summed E-state index contributed by atoms with van der Waals surface area (Å²) in [5, 5.41) is 0. The zero-order valence-corrected chi connectivity index (χ0v) is 7.57. The van der Waals surface area contributed by atoms with Crippen LogP contribution in [0, 0.1) is 12.9 Å². The van der Waals surface area contributed by atoms with Gasteiger partial charge >= 0.3 is 0 Å². The lowest BCUT2D eigenvalue weighted by Crippen LogP contribution is -1.83. The Bertz CT molecular complexity index is 434. The van der Waals surface area contributed by atoms with Gasteiger partial charge in [-0.3, -0.25) is 0 Å². The predicted molar refractivity (Wildman–Crippen MR) is 54.1 cm³/mol. The molecule has 14 heavy (non-hydrogen) atoms. The van der Waals surface area contributed by atoms with Crippen LogP contribution in [0.1, 0.15) is 5.56 Å². The number of nitrogens with zero attached hydrogens (tertiary/aromatic N) is 1. The third kappa shape index (κ3) is 1.79. The first-order valence-electron chi connectivity index (χ1n) is 4.30. The Kier molecular flexibility index (Phi) is 2.27. The van der Waals surface area contributed by atoms with Gasteiger partial charge in [-0.1, -0.05) is 24.3 Å². The average molecular weight is 186 g/mol. The molecule has 0 amide bonds. The fourth-order valence-corrected chi connectivity index (χ4v) is 1.30. The zero-order chi connectivity index (χ0) is 9.97. The van der Waals surface area contributed by atoms with Crippen molar-refractivity contribution in [2.75, 3.05) is 0 Å². The van der Waals surface area contributed by atoms with E-state index >= 15 is 0 Å². The van der Waals surface area contributed by atoms with E-state index in [2.05, 4.69) is 11.9 Å². The van der Waals surface area contributed by atoms with Gasteiger partial charge in [0, 0.05) is 11.8 Å². The highest BCUT2D eigenvalue weighted by atomic mass is 19.1. The third-order valence-electron chi connectivity index (χ3n) is 1.99. The predicted octanol–water partition coefficient (Wildman–Crippen LogP) is 3.07. The van der Waals surface area contributed by atoms with Crippen molar-refractivity contribution >= 4 is 0 Å². The van der Waals surface area contributed by atoms with E-state index in [1.54, 1.807) is 6.07 Å². The summed E-state index contributed by atoms with van der Waals surface area (Å²) in [5.74, 6) is -0.459. The Morgan fingerprint density at radius 1 is 1.07 bits per heavy atom. The Labute approximate surface area is 82.2 Å². The van der Waals surface area contributed by atoms with Gasteiger partial charge in [-0.2, -0.15) is 4.39 Å². The maximum atomic E-state index is 12.6. The lowest BCUT2D eigenvalue weighted by atomic mass is 10.1. The lowest BCUT2D eigenvalue weighted by molar-refractivity contribution is 0.584. The Balaban J connectivity index is 2.44. The van der Waals surface area contributed by atoms with E-state index < -0.39 is 5.95 Å². The minimum atomic E-state index is -0.459. The van der Waals surface area contributed by atoms with Gasteiger partial charge in [-0.25, -0.2) is 4.98 Å². The third-order valence-corrected chi connectivity index (χ3v) is 1.99. The normalized spacial score (nSPS) is 10.1. The van der Waals surface area contributed by atoms with Crippen LogP contribution in [-0.4, -0.2) is 4.98 Å². The van der Waals surface area contributed by atoms with Crippen molar-refractivity contribution in [1.29, 1.82) is 0 Å². The van der Waals surface area contributed by atoms with Gasteiger partial charge < -0.3 is 0 Å². The summed E-state index contributed by atoms with van der Waals surface area (Å²) in [6.45, 7) is 3.83. The summed E-state index contributed by atoms with van der Waals surface area (Å²) in [7, 11) is 0. The van der Waals surface area contributed by atoms with Crippen molar-refractivity contribution in [2.24, 2.45) is 0 Å². The summed E-state index contributed by atoms with van der Waals surface area (Å²) in [6, 6.07) is 10.8. The van der Waals surface area contributed by atoms with Gasteiger partial charge in [0.1, 0.15) is 0 Å². The van der Waals surface area contributed by atoms with Crippen molar-refractivity contribution in [3.05, 3.63) is 61.0 Å². The highest BCUT2D eigenvalue weighted by Crippen LogP contribution is 2.18. The smallest absolute Gasteiger partial charge is 0.212 e. The molecular weight excluding hydrogens is 177 g/mol. The largest absolute Gasteiger partial charge is 0.228 e. The molecule has 2 aromatic rings. The summed E-state index contributed by atoms with van der Waals surface area (Å²) in [5.41, 5.74) is 2.84. The molecule has 0 aliphatic rings. The Morgan fingerprint density at radius 3 is 2.57 bits per heavy atom. The van der Waals surface area contributed by atoms with E-state index in [1.807, 2.05) is 24.3 Å². The molecular formula is C12H9FN. The van der Waals surface area contributed by atoms with Gasteiger partial charge in [-0.05, 0) is 30.2 Å². The van der Waals surface area contributed by atoms with Crippen LogP contribution in [-0.2, 0) is 0 Å². The second-order valence-electron chi connectivity index (χ2n) is 3.07. The minimum Gasteiger partial charge on any atom is -0.228 e. The van der Waals surface area contributed by atoms with Gasteiger partial charge in [0.15, 0.2) is 0 Å². The molecule has 0 fully saturated rings. The maximum absolute atomic E-state index is 12.6. The molecule has 69 valence electrons. The molecule has 2 heteroatoms. The number of pyridine rings is 1. The molecule has 1 nitrogen and oxygen atoms in total. The summed E-state index contributed by atoms with van der Waals surface area (Å²) in [4.78, 5) is 3.60. The monoisotopic (exact) mass is 186 g/mol. The lowest BCUT2D eigenvalue weighted by Gasteiger charge is -2.01. The number of benzene rings is 1. The van der Waals surface area contributed by atoms with E-state index in [0.29, 0.717) is 0 Å². The van der Waals surface area contributed by atoms with Gasteiger partial charge in [0.25, 0.3) is 0 Å². The first kappa shape index (κ1) is 8.88. The fraction of sp³-hybridized carbons (Fsp3) is 0. The molecule has 0 saturated carbocycles. The van der Waals surface area contributed by atoms with Crippen LogP contribution in [0.2, 0.25) is 0 Å².